The molecule has 1 aliphatic carbocycles. The second-order valence-electron chi connectivity index (χ2n) is 6.57. The molecule has 1 saturated carbocycles. The fourth-order valence-corrected chi connectivity index (χ4v) is 3.29. The third kappa shape index (κ3) is 4.03. The minimum absolute atomic E-state index is 0.102. The van der Waals surface area contributed by atoms with Gasteiger partial charge < -0.3 is 5.32 Å². The van der Waals surface area contributed by atoms with E-state index >= 15 is 0 Å². The summed E-state index contributed by atoms with van der Waals surface area (Å²) < 4.78 is 14.0. The molecule has 2 heterocycles. The van der Waals surface area contributed by atoms with Crippen LogP contribution in [0.4, 0.5) is 4.39 Å². The Morgan fingerprint density at radius 3 is 3.04 bits per heavy atom. The summed E-state index contributed by atoms with van der Waals surface area (Å²) in [7, 11) is 0. The van der Waals surface area contributed by atoms with Crippen LogP contribution in [-0.4, -0.2) is 28.1 Å². The molecule has 0 spiro atoms. The topological polar surface area (TPSA) is 54.9 Å². The SMILES string of the molecule is CC1CCCC(NC(=O)c2cnc3ccncc3c2)CC(F)C1. The zero-order chi connectivity index (χ0) is 16.2. The Balaban J connectivity index is 1.69. The lowest BCUT2D eigenvalue weighted by molar-refractivity contribution is 0.0917. The fraction of sp³-hybridized carbons (Fsp3) is 0.500. The van der Waals surface area contributed by atoms with Gasteiger partial charge in [-0.05, 0) is 37.3 Å². The van der Waals surface area contributed by atoms with Gasteiger partial charge in [0, 0.05) is 30.0 Å². The molecule has 3 unspecified atom stereocenters. The van der Waals surface area contributed by atoms with Gasteiger partial charge in [0.1, 0.15) is 6.17 Å². The van der Waals surface area contributed by atoms with E-state index in [4.69, 9.17) is 0 Å². The lowest BCUT2D eigenvalue weighted by Gasteiger charge is -2.26. The summed E-state index contributed by atoms with van der Waals surface area (Å²) in [4.78, 5) is 20.8. The van der Waals surface area contributed by atoms with E-state index in [0.717, 1.165) is 30.2 Å². The first-order valence-electron chi connectivity index (χ1n) is 8.26. The van der Waals surface area contributed by atoms with Gasteiger partial charge in [-0.3, -0.25) is 14.8 Å². The molecule has 1 amide bonds. The van der Waals surface area contributed by atoms with Crippen LogP contribution in [-0.2, 0) is 0 Å². The van der Waals surface area contributed by atoms with E-state index in [0.29, 0.717) is 24.3 Å². The molecule has 3 rings (SSSR count). The Bertz CT molecular complexity index is 691. The molecule has 0 saturated heterocycles. The Hall–Kier alpha value is -2.04. The average Bonchev–Trinajstić information content (AvgIpc) is 2.52. The van der Waals surface area contributed by atoms with Crippen LogP contribution in [0.2, 0.25) is 0 Å². The quantitative estimate of drug-likeness (QED) is 0.920. The summed E-state index contributed by atoms with van der Waals surface area (Å²) in [5.74, 6) is 0.243. The molecule has 1 N–H and O–H groups in total. The van der Waals surface area contributed by atoms with Gasteiger partial charge in [0.05, 0.1) is 11.1 Å². The number of nitrogens with one attached hydrogen (secondary N) is 1. The predicted molar refractivity (Wildman–Crippen MR) is 87.9 cm³/mol. The van der Waals surface area contributed by atoms with Gasteiger partial charge in [0.2, 0.25) is 0 Å². The number of pyridine rings is 2. The van der Waals surface area contributed by atoms with Gasteiger partial charge in [0.25, 0.3) is 5.91 Å². The van der Waals surface area contributed by atoms with Crippen LogP contribution in [0, 0.1) is 5.92 Å². The zero-order valence-electron chi connectivity index (χ0n) is 13.3. The molecule has 0 bridgehead atoms. The number of aromatic nitrogens is 2. The van der Waals surface area contributed by atoms with Gasteiger partial charge in [-0.1, -0.05) is 19.8 Å². The summed E-state index contributed by atoms with van der Waals surface area (Å²) in [5, 5.41) is 3.80. The van der Waals surface area contributed by atoms with Crippen LogP contribution in [0.25, 0.3) is 10.9 Å². The number of amides is 1. The number of hydrogen-bond acceptors (Lipinski definition) is 3. The maximum Gasteiger partial charge on any atom is 0.253 e. The number of carbonyl (C=O) groups is 1. The summed E-state index contributed by atoms with van der Waals surface area (Å²) >= 11 is 0. The highest BCUT2D eigenvalue weighted by Gasteiger charge is 2.23. The predicted octanol–water partition coefficient (Wildman–Crippen LogP) is 3.67. The van der Waals surface area contributed by atoms with Crippen molar-refractivity contribution >= 4 is 16.8 Å². The van der Waals surface area contributed by atoms with Crippen LogP contribution in [0.5, 0.6) is 0 Å². The summed E-state index contributed by atoms with van der Waals surface area (Å²) in [6, 6.07) is 3.48. The Morgan fingerprint density at radius 1 is 1.30 bits per heavy atom. The first kappa shape index (κ1) is 15.8. The summed E-state index contributed by atoms with van der Waals surface area (Å²) in [5.41, 5.74) is 1.30. The van der Waals surface area contributed by atoms with Crippen molar-refractivity contribution in [3.05, 3.63) is 36.3 Å². The van der Waals surface area contributed by atoms with E-state index in [2.05, 4.69) is 22.2 Å². The zero-order valence-corrected chi connectivity index (χ0v) is 13.3. The molecule has 0 aromatic carbocycles. The molecule has 2 aromatic rings. The molecule has 3 atom stereocenters. The van der Waals surface area contributed by atoms with E-state index in [1.54, 1.807) is 30.7 Å². The van der Waals surface area contributed by atoms with Gasteiger partial charge >= 0.3 is 0 Å². The molecule has 122 valence electrons. The van der Waals surface area contributed by atoms with Crippen molar-refractivity contribution in [2.24, 2.45) is 5.92 Å². The number of carbonyl (C=O) groups excluding carboxylic acids is 1. The minimum Gasteiger partial charge on any atom is -0.349 e. The maximum absolute atomic E-state index is 14.0. The lowest BCUT2D eigenvalue weighted by atomic mass is 9.89. The molecule has 2 aromatic heterocycles. The standard InChI is InChI=1S/C18H22FN3O/c1-12-3-2-4-16(9-15(19)7-12)22-18(23)14-8-13-10-20-6-5-17(13)21-11-14/h5-6,8,10-12,15-16H,2-4,7,9H2,1H3,(H,22,23). The molecule has 23 heavy (non-hydrogen) atoms. The second-order valence-corrected chi connectivity index (χ2v) is 6.57. The monoisotopic (exact) mass is 315 g/mol. The van der Waals surface area contributed by atoms with Crippen LogP contribution in [0.3, 0.4) is 0 Å². The Kier molecular flexibility index (Phi) is 4.84. The number of alkyl halides is 1. The highest BCUT2D eigenvalue weighted by Crippen LogP contribution is 2.24. The number of hydrogen-bond donors (Lipinski definition) is 1. The molecule has 5 heteroatoms. The largest absolute Gasteiger partial charge is 0.349 e. The maximum atomic E-state index is 14.0. The molecule has 0 radical (unpaired) electrons. The summed E-state index contributed by atoms with van der Waals surface area (Å²) in [6.07, 6.45) is 7.96. The molecule has 1 aliphatic rings. The average molecular weight is 315 g/mol. The third-order valence-corrected chi connectivity index (χ3v) is 4.53. The first-order chi connectivity index (χ1) is 11.1. The van der Waals surface area contributed by atoms with E-state index in [9.17, 15) is 9.18 Å². The van der Waals surface area contributed by atoms with Crippen LogP contribution >= 0.6 is 0 Å². The minimum atomic E-state index is -0.838. The molecular weight excluding hydrogens is 293 g/mol. The number of rotatable bonds is 2. The van der Waals surface area contributed by atoms with E-state index in [1.807, 2.05) is 0 Å². The van der Waals surface area contributed by atoms with Crippen molar-refractivity contribution in [2.75, 3.05) is 0 Å². The highest BCUT2D eigenvalue weighted by atomic mass is 19.1. The van der Waals surface area contributed by atoms with Crippen LogP contribution in [0.1, 0.15) is 49.4 Å². The van der Waals surface area contributed by atoms with Crippen molar-refractivity contribution in [2.45, 2.75) is 51.2 Å². The van der Waals surface area contributed by atoms with E-state index < -0.39 is 6.17 Å². The van der Waals surface area contributed by atoms with Crippen molar-refractivity contribution < 1.29 is 9.18 Å². The van der Waals surface area contributed by atoms with Crippen LogP contribution in [0.15, 0.2) is 30.7 Å². The normalized spacial score (nSPS) is 25.6. The molecule has 1 fully saturated rings. The van der Waals surface area contributed by atoms with Crippen molar-refractivity contribution in [1.82, 2.24) is 15.3 Å². The fourth-order valence-electron chi connectivity index (χ4n) is 3.29. The van der Waals surface area contributed by atoms with Crippen LogP contribution < -0.4 is 5.32 Å². The third-order valence-electron chi connectivity index (χ3n) is 4.53. The number of fused-ring (bicyclic) bond motifs is 1. The highest BCUT2D eigenvalue weighted by molar-refractivity contribution is 5.97. The van der Waals surface area contributed by atoms with Gasteiger partial charge in [0.15, 0.2) is 0 Å². The van der Waals surface area contributed by atoms with E-state index in [1.165, 1.54) is 0 Å². The Morgan fingerprint density at radius 2 is 2.17 bits per heavy atom. The van der Waals surface area contributed by atoms with Crippen molar-refractivity contribution in [3.8, 4) is 0 Å². The summed E-state index contributed by atoms with van der Waals surface area (Å²) in [6.45, 7) is 2.10. The number of halogens is 1. The van der Waals surface area contributed by atoms with Crippen molar-refractivity contribution in [3.63, 3.8) is 0 Å². The molecule has 4 nitrogen and oxygen atoms in total. The Labute approximate surface area is 135 Å². The first-order valence-corrected chi connectivity index (χ1v) is 8.26. The van der Waals surface area contributed by atoms with E-state index in [-0.39, 0.29) is 11.9 Å². The second kappa shape index (κ2) is 7.02. The van der Waals surface area contributed by atoms with Gasteiger partial charge in [-0.2, -0.15) is 0 Å². The number of nitrogens with zero attached hydrogens (tertiary/aromatic N) is 2. The lowest BCUT2D eigenvalue weighted by Crippen LogP contribution is -2.38. The van der Waals surface area contributed by atoms with Gasteiger partial charge in [-0.15, -0.1) is 0 Å². The van der Waals surface area contributed by atoms with Gasteiger partial charge in [-0.25, -0.2) is 4.39 Å². The smallest absolute Gasteiger partial charge is 0.253 e. The molecule has 0 aliphatic heterocycles. The molecular formula is C18H22FN3O. The van der Waals surface area contributed by atoms with Crippen molar-refractivity contribution in [1.29, 1.82) is 0 Å².